The monoisotopic (exact) mass is 437 g/mol. The van der Waals surface area contributed by atoms with Gasteiger partial charge in [0.1, 0.15) is 6.54 Å². The Hall–Kier alpha value is -4.01. The number of hydrogen-bond donors (Lipinski definition) is 2. The van der Waals surface area contributed by atoms with E-state index in [1.165, 1.54) is 19.1 Å². The summed E-state index contributed by atoms with van der Waals surface area (Å²) in [5.74, 6) is -3.22. The van der Waals surface area contributed by atoms with Gasteiger partial charge in [0, 0.05) is 5.69 Å². The molecule has 0 aromatic heterocycles. The van der Waals surface area contributed by atoms with Crippen LogP contribution in [0.4, 0.5) is 5.69 Å². The Balaban J connectivity index is 1.48. The first-order chi connectivity index (χ1) is 15.2. The number of para-hydroxylation sites is 1. The van der Waals surface area contributed by atoms with Crippen LogP contribution in [0, 0.1) is 13.8 Å². The average Bonchev–Trinajstić information content (AvgIpc) is 2.99. The van der Waals surface area contributed by atoms with Crippen LogP contribution in [0.1, 0.15) is 38.8 Å². The van der Waals surface area contributed by atoms with Crippen molar-refractivity contribution in [3.63, 3.8) is 0 Å². The van der Waals surface area contributed by atoms with Crippen molar-refractivity contribution in [1.82, 2.24) is 10.2 Å². The van der Waals surface area contributed by atoms with E-state index >= 15 is 0 Å². The number of ether oxygens (including phenoxy) is 1. The Morgan fingerprint density at radius 1 is 0.938 bits per heavy atom. The zero-order valence-electron chi connectivity index (χ0n) is 17.9. The molecule has 0 bridgehead atoms. The van der Waals surface area contributed by atoms with E-state index < -0.39 is 42.2 Å². The third-order valence-corrected chi connectivity index (χ3v) is 5.01. The standard InChI is InChI=1S/C23H23N3O6/c1-13-7-6-8-14(2)20(13)25-18(27)11-24-21(29)15(3)32-19(28)12-26-22(30)16-9-4-5-10-17(16)23(26)31/h4-10,15H,11-12H2,1-3H3,(H,24,29)(H,25,27). The maximum absolute atomic E-state index is 12.3. The molecule has 3 rings (SSSR count). The maximum Gasteiger partial charge on any atom is 0.326 e. The van der Waals surface area contributed by atoms with Gasteiger partial charge in [-0.2, -0.15) is 0 Å². The van der Waals surface area contributed by atoms with Crippen LogP contribution in [-0.2, 0) is 19.1 Å². The summed E-state index contributed by atoms with van der Waals surface area (Å²) in [5, 5.41) is 5.13. The van der Waals surface area contributed by atoms with Crippen molar-refractivity contribution in [2.24, 2.45) is 0 Å². The molecule has 1 atom stereocenters. The highest BCUT2D eigenvalue weighted by Crippen LogP contribution is 2.22. The van der Waals surface area contributed by atoms with Crippen molar-refractivity contribution < 1.29 is 28.7 Å². The van der Waals surface area contributed by atoms with Gasteiger partial charge < -0.3 is 15.4 Å². The molecule has 2 aromatic rings. The molecule has 1 unspecified atom stereocenters. The van der Waals surface area contributed by atoms with Crippen molar-refractivity contribution in [2.45, 2.75) is 26.9 Å². The van der Waals surface area contributed by atoms with E-state index in [1.54, 1.807) is 12.1 Å². The summed E-state index contributed by atoms with van der Waals surface area (Å²) in [6.45, 7) is 4.12. The summed E-state index contributed by atoms with van der Waals surface area (Å²) >= 11 is 0. The Kier molecular flexibility index (Phi) is 6.67. The van der Waals surface area contributed by atoms with E-state index in [4.69, 9.17) is 4.74 Å². The Morgan fingerprint density at radius 3 is 2.06 bits per heavy atom. The number of nitrogens with one attached hydrogen (secondary N) is 2. The largest absolute Gasteiger partial charge is 0.451 e. The zero-order valence-corrected chi connectivity index (χ0v) is 17.9. The summed E-state index contributed by atoms with van der Waals surface area (Å²) in [6.07, 6.45) is -1.22. The number of benzene rings is 2. The average molecular weight is 437 g/mol. The second kappa shape index (κ2) is 9.42. The molecule has 2 aromatic carbocycles. The van der Waals surface area contributed by atoms with Gasteiger partial charge in [0.2, 0.25) is 5.91 Å². The minimum atomic E-state index is -1.22. The molecule has 1 aliphatic rings. The molecular weight excluding hydrogens is 414 g/mol. The van der Waals surface area contributed by atoms with Gasteiger partial charge in [-0.25, -0.2) is 0 Å². The van der Waals surface area contributed by atoms with E-state index in [0.717, 1.165) is 16.0 Å². The van der Waals surface area contributed by atoms with Gasteiger partial charge in [0.25, 0.3) is 17.7 Å². The van der Waals surface area contributed by atoms with Crippen LogP contribution in [0.2, 0.25) is 0 Å². The third-order valence-electron chi connectivity index (χ3n) is 5.01. The molecular formula is C23H23N3O6. The lowest BCUT2D eigenvalue weighted by Crippen LogP contribution is -2.42. The Bertz CT molecular complexity index is 1060. The zero-order chi connectivity index (χ0) is 23.4. The molecule has 166 valence electrons. The lowest BCUT2D eigenvalue weighted by molar-refractivity contribution is -0.154. The molecule has 2 N–H and O–H groups in total. The van der Waals surface area contributed by atoms with Gasteiger partial charge in [-0.15, -0.1) is 0 Å². The van der Waals surface area contributed by atoms with E-state index in [9.17, 15) is 24.0 Å². The number of esters is 1. The SMILES string of the molecule is Cc1cccc(C)c1NC(=O)CNC(=O)C(C)OC(=O)CN1C(=O)c2ccccc2C1=O. The number of amides is 4. The highest BCUT2D eigenvalue weighted by Gasteiger charge is 2.37. The molecule has 32 heavy (non-hydrogen) atoms. The number of anilines is 1. The third kappa shape index (κ3) is 4.83. The highest BCUT2D eigenvalue weighted by atomic mass is 16.5. The van der Waals surface area contributed by atoms with E-state index in [-0.39, 0.29) is 17.7 Å². The lowest BCUT2D eigenvalue weighted by Gasteiger charge is -2.17. The van der Waals surface area contributed by atoms with Crippen LogP contribution in [0.5, 0.6) is 0 Å². The highest BCUT2D eigenvalue weighted by molar-refractivity contribution is 6.22. The minimum Gasteiger partial charge on any atom is -0.451 e. The van der Waals surface area contributed by atoms with Crippen LogP contribution in [0.15, 0.2) is 42.5 Å². The number of imide groups is 1. The number of carbonyl (C=O) groups excluding carboxylic acids is 5. The van der Waals surface area contributed by atoms with Gasteiger partial charge in [0.15, 0.2) is 6.10 Å². The first-order valence-electron chi connectivity index (χ1n) is 9.97. The molecule has 4 amide bonds. The summed E-state index contributed by atoms with van der Waals surface area (Å²) in [5.41, 5.74) is 2.88. The quantitative estimate of drug-likeness (QED) is 0.501. The topological polar surface area (TPSA) is 122 Å². The number of rotatable bonds is 7. The number of aryl methyl sites for hydroxylation is 2. The van der Waals surface area contributed by atoms with Crippen molar-refractivity contribution in [1.29, 1.82) is 0 Å². The predicted octanol–water partition coefficient (Wildman–Crippen LogP) is 1.59. The summed E-state index contributed by atoms with van der Waals surface area (Å²) < 4.78 is 5.03. The molecule has 0 aliphatic carbocycles. The fourth-order valence-corrected chi connectivity index (χ4v) is 3.31. The van der Waals surface area contributed by atoms with Gasteiger partial charge in [-0.05, 0) is 44.0 Å². The van der Waals surface area contributed by atoms with E-state index in [1.807, 2.05) is 32.0 Å². The summed E-state index contributed by atoms with van der Waals surface area (Å²) in [6, 6.07) is 11.8. The number of nitrogens with zero attached hydrogens (tertiary/aromatic N) is 1. The first kappa shape index (κ1) is 22.7. The smallest absolute Gasteiger partial charge is 0.326 e. The van der Waals surface area contributed by atoms with Gasteiger partial charge in [-0.3, -0.25) is 28.9 Å². The fourth-order valence-electron chi connectivity index (χ4n) is 3.31. The molecule has 9 heteroatoms. The van der Waals surface area contributed by atoms with Crippen molar-refractivity contribution in [2.75, 3.05) is 18.4 Å². The second-order valence-corrected chi connectivity index (χ2v) is 7.41. The second-order valence-electron chi connectivity index (χ2n) is 7.41. The normalized spacial score (nSPS) is 13.4. The molecule has 9 nitrogen and oxygen atoms in total. The summed E-state index contributed by atoms with van der Waals surface area (Å²) in [7, 11) is 0. The number of fused-ring (bicyclic) bond motifs is 1. The Labute approximate surface area is 184 Å². The minimum absolute atomic E-state index is 0.214. The maximum atomic E-state index is 12.3. The van der Waals surface area contributed by atoms with Crippen LogP contribution >= 0.6 is 0 Å². The van der Waals surface area contributed by atoms with Crippen LogP contribution in [0.3, 0.4) is 0 Å². The van der Waals surface area contributed by atoms with Crippen LogP contribution < -0.4 is 10.6 Å². The Morgan fingerprint density at radius 2 is 1.50 bits per heavy atom. The lowest BCUT2D eigenvalue weighted by atomic mass is 10.1. The summed E-state index contributed by atoms with van der Waals surface area (Å²) in [4.78, 5) is 61.9. The van der Waals surface area contributed by atoms with Gasteiger partial charge in [-0.1, -0.05) is 30.3 Å². The predicted molar refractivity (Wildman–Crippen MR) is 115 cm³/mol. The molecule has 1 heterocycles. The molecule has 1 aliphatic heterocycles. The molecule has 0 radical (unpaired) electrons. The van der Waals surface area contributed by atoms with Crippen molar-refractivity contribution in [3.05, 3.63) is 64.7 Å². The van der Waals surface area contributed by atoms with Gasteiger partial charge >= 0.3 is 5.97 Å². The van der Waals surface area contributed by atoms with Crippen LogP contribution in [-0.4, -0.2) is 53.7 Å². The fraction of sp³-hybridized carbons (Fsp3) is 0.261. The van der Waals surface area contributed by atoms with Crippen molar-refractivity contribution in [3.8, 4) is 0 Å². The van der Waals surface area contributed by atoms with E-state index in [2.05, 4.69) is 10.6 Å². The van der Waals surface area contributed by atoms with Gasteiger partial charge in [0.05, 0.1) is 17.7 Å². The molecule has 0 fully saturated rings. The number of hydrogen-bond acceptors (Lipinski definition) is 6. The molecule has 0 saturated carbocycles. The number of carbonyl (C=O) groups is 5. The molecule has 0 saturated heterocycles. The first-order valence-corrected chi connectivity index (χ1v) is 9.97. The van der Waals surface area contributed by atoms with E-state index in [0.29, 0.717) is 5.69 Å². The van der Waals surface area contributed by atoms with Crippen molar-refractivity contribution >= 4 is 35.3 Å². The molecule has 0 spiro atoms. The van der Waals surface area contributed by atoms with Crippen LogP contribution in [0.25, 0.3) is 0 Å².